The molecule has 0 aliphatic carbocycles. The number of hydrogen-bond acceptors (Lipinski definition) is 5. The van der Waals surface area contributed by atoms with Crippen molar-refractivity contribution in [1.29, 1.82) is 0 Å². The van der Waals surface area contributed by atoms with E-state index in [1.165, 1.54) is 41.2 Å². The molecule has 2 amide bonds. The minimum absolute atomic E-state index is 0.0719. The van der Waals surface area contributed by atoms with Crippen LogP contribution in [0.25, 0.3) is 16.9 Å². The van der Waals surface area contributed by atoms with Gasteiger partial charge in [-0.25, -0.2) is 9.07 Å². The highest BCUT2D eigenvalue weighted by atomic mass is 35.5. The first-order valence-electron chi connectivity index (χ1n) is 11.2. The fraction of sp³-hybridized carbons (Fsp3) is 0.154. The molecule has 8 nitrogen and oxygen atoms in total. The van der Waals surface area contributed by atoms with Gasteiger partial charge in [-0.05, 0) is 50.4 Å². The number of para-hydroxylation sites is 1. The summed E-state index contributed by atoms with van der Waals surface area (Å²) in [7, 11) is 1.80. The van der Waals surface area contributed by atoms with E-state index in [0.29, 0.717) is 17.8 Å². The van der Waals surface area contributed by atoms with Gasteiger partial charge in [-0.15, -0.1) is 0 Å². The quantitative estimate of drug-likeness (QED) is 0.330. The first-order chi connectivity index (χ1) is 17.4. The highest BCUT2D eigenvalue weighted by Crippen LogP contribution is 2.27. The molecule has 10 heteroatoms. The summed E-state index contributed by atoms with van der Waals surface area (Å²) in [5.74, 6) is -1.18. The van der Waals surface area contributed by atoms with Gasteiger partial charge in [0.1, 0.15) is 17.3 Å². The van der Waals surface area contributed by atoms with Crippen molar-refractivity contribution in [3.05, 3.63) is 95.0 Å². The molecule has 0 saturated heterocycles. The van der Waals surface area contributed by atoms with Crippen molar-refractivity contribution < 1.29 is 14.0 Å². The molecular formula is C26H24ClFN6O2. The summed E-state index contributed by atoms with van der Waals surface area (Å²) in [5.41, 5.74) is 1.40. The number of halogens is 2. The Kier molecular flexibility index (Phi) is 7.72. The Morgan fingerprint density at radius 1 is 1.06 bits per heavy atom. The van der Waals surface area contributed by atoms with E-state index in [-0.39, 0.29) is 39.7 Å². The van der Waals surface area contributed by atoms with Crippen LogP contribution in [0.15, 0.2) is 72.9 Å². The largest absolute Gasteiger partial charge is 0.349 e. The third-order valence-corrected chi connectivity index (χ3v) is 5.82. The van der Waals surface area contributed by atoms with Crippen LogP contribution < -0.4 is 16.0 Å². The van der Waals surface area contributed by atoms with Crippen LogP contribution in [-0.2, 0) is 0 Å². The summed E-state index contributed by atoms with van der Waals surface area (Å²) in [4.78, 5) is 30.0. The Balaban J connectivity index is 1.66. The minimum Gasteiger partial charge on any atom is -0.349 e. The molecule has 4 rings (SSSR count). The maximum atomic E-state index is 14.3. The van der Waals surface area contributed by atoms with Crippen molar-refractivity contribution in [2.24, 2.45) is 0 Å². The molecule has 0 spiro atoms. The van der Waals surface area contributed by atoms with Crippen LogP contribution in [0.1, 0.15) is 27.8 Å². The number of carbonyl (C=O) groups is 2. The number of amides is 2. The number of rotatable bonds is 8. The lowest BCUT2D eigenvalue weighted by atomic mass is 10.1. The predicted molar refractivity (Wildman–Crippen MR) is 137 cm³/mol. The summed E-state index contributed by atoms with van der Waals surface area (Å²) in [6.07, 6.45) is 1.47. The molecule has 0 aliphatic heterocycles. The molecular weight excluding hydrogens is 483 g/mol. The van der Waals surface area contributed by atoms with Crippen molar-refractivity contribution >= 4 is 29.2 Å². The average Bonchev–Trinajstić information content (AvgIpc) is 3.32. The fourth-order valence-electron chi connectivity index (χ4n) is 3.41. The monoisotopic (exact) mass is 506 g/mol. The van der Waals surface area contributed by atoms with Crippen LogP contribution in [0.3, 0.4) is 0 Å². The number of anilines is 1. The molecule has 0 bridgehead atoms. The minimum atomic E-state index is -0.550. The molecule has 184 valence electrons. The molecule has 0 radical (unpaired) electrons. The maximum absolute atomic E-state index is 14.3. The summed E-state index contributed by atoms with van der Waals surface area (Å²) in [6.45, 7) is 2.34. The Morgan fingerprint density at radius 3 is 2.56 bits per heavy atom. The molecule has 1 atom stereocenters. The first kappa shape index (κ1) is 25.0. The lowest BCUT2D eigenvalue weighted by Gasteiger charge is -2.11. The van der Waals surface area contributed by atoms with Gasteiger partial charge in [0.05, 0.1) is 16.3 Å². The fourth-order valence-corrected chi connectivity index (χ4v) is 3.62. The number of likely N-dealkylation sites (N-methyl/N-ethyl adjacent to an activating group) is 1. The van der Waals surface area contributed by atoms with E-state index in [1.807, 2.05) is 25.1 Å². The molecule has 0 unspecified atom stereocenters. The van der Waals surface area contributed by atoms with Crippen molar-refractivity contribution in [2.75, 3.05) is 18.9 Å². The van der Waals surface area contributed by atoms with Crippen LogP contribution in [0.5, 0.6) is 0 Å². The number of pyridine rings is 1. The maximum Gasteiger partial charge on any atom is 0.271 e. The zero-order valence-corrected chi connectivity index (χ0v) is 20.4. The Bertz CT molecular complexity index is 1390. The number of aromatic nitrogens is 3. The molecule has 36 heavy (non-hydrogen) atoms. The van der Waals surface area contributed by atoms with E-state index in [0.717, 1.165) is 0 Å². The second-order valence-electron chi connectivity index (χ2n) is 8.04. The van der Waals surface area contributed by atoms with Gasteiger partial charge in [0.15, 0.2) is 5.69 Å². The Labute approximate surface area is 212 Å². The lowest BCUT2D eigenvalue weighted by Crippen LogP contribution is -2.37. The normalized spacial score (nSPS) is 11.7. The third-order valence-electron chi connectivity index (χ3n) is 5.49. The highest BCUT2D eigenvalue weighted by Gasteiger charge is 2.20. The number of benzene rings is 2. The van der Waals surface area contributed by atoms with Crippen LogP contribution in [-0.4, -0.2) is 46.2 Å². The molecule has 2 aromatic heterocycles. The van der Waals surface area contributed by atoms with E-state index in [2.05, 4.69) is 26.0 Å². The summed E-state index contributed by atoms with van der Waals surface area (Å²) < 4.78 is 15.7. The number of nitrogens with zero attached hydrogens (tertiary/aromatic N) is 3. The molecule has 2 heterocycles. The standard InChI is InChI=1S/C26H24ClFN6O2/c1-16(29-2)15-31-26(36)22-14-23(34(33-22)18-7-4-3-5-8-18)32-25(35)19-13-17(10-11-20(19)27)24-21(28)9-6-12-30-24/h3-14,16,29H,15H2,1-2H3,(H,31,36)(H,32,35)/t16-/m0/s1. The molecule has 3 N–H and O–H groups in total. The predicted octanol–water partition coefficient (Wildman–Crippen LogP) is 4.32. The smallest absolute Gasteiger partial charge is 0.271 e. The van der Waals surface area contributed by atoms with Crippen molar-refractivity contribution in [1.82, 2.24) is 25.4 Å². The second-order valence-corrected chi connectivity index (χ2v) is 8.45. The zero-order valence-electron chi connectivity index (χ0n) is 19.6. The molecule has 0 aliphatic rings. The first-order valence-corrected chi connectivity index (χ1v) is 11.6. The number of hydrogen-bond donors (Lipinski definition) is 3. The van der Waals surface area contributed by atoms with Gasteiger partial charge in [-0.2, -0.15) is 5.10 Å². The van der Waals surface area contributed by atoms with Gasteiger partial charge in [0.2, 0.25) is 0 Å². The SMILES string of the molecule is CN[C@@H](C)CNC(=O)c1cc(NC(=O)c2cc(-c3ncccc3F)ccc2Cl)n(-c2ccccc2)n1. The topological polar surface area (TPSA) is 101 Å². The Morgan fingerprint density at radius 2 is 1.83 bits per heavy atom. The third kappa shape index (κ3) is 5.59. The van der Waals surface area contributed by atoms with Crippen molar-refractivity contribution in [3.8, 4) is 16.9 Å². The van der Waals surface area contributed by atoms with Gasteiger partial charge < -0.3 is 16.0 Å². The summed E-state index contributed by atoms with van der Waals surface area (Å²) >= 11 is 6.31. The van der Waals surface area contributed by atoms with Crippen molar-refractivity contribution in [3.63, 3.8) is 0 Å². The van der Waals surface area contributed by atoms with Gasteiger partial charge in [-0.1, -0.05) is 35.9 Å². The van der Waals surface area contributed by atoms with E-state index < -0.39 is 11.7 Å². The average molecular weight is 507 g/mol. The van der Waals surface area contributed by atoms with E-state index in [4.69, 9.17) is 11.6 Å². The number of carbonyl (C=O) groups excluding carboxylic acids is 2. The molecule has 2 aromatic carbocycles. The van der Waals surface area contributed by atoms with Gasteiger partial charge in [-0.3, -0.25) is 14.6 Å². The van der Waals surface area contributed by atoms with E-state index in [1.54, 1.807) is 25.2 Å². The summed E-state index contributed by atoms with van der Waals surface area (Å²) in [6, 6.07) is 18.0. The van der Waals surface area contributed by atoms with E-state index >= 15 is 0 Å². The van der Waals surface area contributed by atoms with Gasteiger partial charge >= 0.3 is 0 Å². The van der Waals surface area contributed by atoms with Gasteiger partial charge in [0, 0.05) is 30.4 Å². The van der Waals surface area contributed by atoms with Crippen LogP contribution in [0, 0.1) is 5.82 Å². The summed E-state index contributed by atoms with van der Waals surface area (Å²) in [5, 5.41) is 13.2. The lowest BCUT2D eigenvalue weighted by molar-refractivity contribution is 0.0944. The van der Waals surface area contributed by atoms with E-state index in [9.17, 15) is 14.0 Å². The Hall–Kier alpha value is -4.08. The zero-order chi connectivity index (χ0) is 25.7. The number of nitrogens with one attached hydrogen (secondary N) is 3. The highest BCUT2D eigenvalue weighted by molar-refractivity contribution is 6.34. The molecule has 0 saturated carbocycles. The van der Waals surface area contributed by atoms with Crippen LogP contribution >= 0.6 is 11.6 Å². The molecule has 0 fully saturated rings. The molecule has 4 aromatic rings. The van der Waals surface area contributed by atoms with Crippen LogP contribution in [0.4, 0.5) is 10.2 Å². The van der Waals surface area contributed by atoms with Gasteiger partial charge in [0.25, 0.3) is 11.8 Å². The van der Waals surface area contributed by atoms with Crippen molar-refractivity contribution in [2.45, 2.75) is 13.0 Å². The van der Waals surface area contributed by atoms with Crippen LogP contribution in [0.2, 0.25) is 5.02 Å². The second kappa shape index (κ2) is 11.1.